The third-order valence-corrected chi connectivity index (χ3v) is 5.74. The molecule has 0 aliphatic heterocycles. The van der Waals surface area contributed by atoms with Crippen molar-refractivity contribution in [3.05, 3.63) is 89.7 Å². The van der Waals surface area contributed by atoms with Crippen LogP contribution in [-0.4, -0.2) is 42.8 Å². The Hall–Kier alpha value is -5.19. The number of nitrogens with zero attached hydrogens (tertiary/aromatic N) is 6. The summed E-state index contributed by atoms with van der Waals surface area (Å²) >= 11 is 0. The van der Waals surface area contributed by atoms with E-state index < -0.39 is 17.4 Å². The number of carbonyl (C=O) groups excluding carboxylic acids is 1. The third-order valence-electron chi connectivity index (χ3n) is 5.74. The van der Waals surface area contributed by atoms with Crippen LogP contribution in [-0.2, 0) is 4.74 Å². The zero-order valence-corrected chi connectivity index (χ0v) is 21.9. The second-order valence-corrected chi connectivity index (χ2v) is 9.71. The maximum absolute atomic E-state index is 13.9. The lowest BCUT2D eigenvalue weighted by Gasteiger charge is -2.25. The number of nitrogens with two attached hydrogens (primary N) is 1. The number of hydrogen-bond acceptors (Lipinski definition) is 8. The van der Waals surface area contributed by atoms with Crippen LogP contribution < -0.4 is 21.1 Å². The summed E-state index contributed by atoms with van der Waals surface area (Å²) < 4.78 is 14.1. The minimum atomic E-state index is -0.655. The second-order valence-electron chi connectivity index (χ2n) is 9.71. The fourth-order valence-electron chi connectivity index (χ4n) is 3.97. The van der Waals surface area contributed by atoms with Crippen molar-refractivity contribution in [3.63, 3.8) is 0 Å². The summed E-state index contributed by atoms with van der Waals surface area (Å²) in [5.41, 5.74) is 7.22. The number of amides is 1. The van der Waals surface area contributed by atoms with Gasteiger partial charge in [0.1, 0.15) is 23.2 Å². The van der Waals surface area contributed by atoms with Gasteiger partial charge in [-0.1, -0.05) is 24.3 Å². The topological polar surface area (TPSA) is 130 Å². The third kappa shape index (κ3) is 5.14. The normalized spacial score (nSPS) is 11.4. The van der Waals surface area contributed by atoms with Crippen molar-refractivity contribution in [2.45, 2.75) is 26.4 Å². The lowest BCUT2D eigenvalue weighted by molar-refractivity contribution is 0.0589. The Morgan fingerprint density at radius 3 is 2.38 bits per heavy atom. The molecule has 0 saturated carbocycles. The number of hydrogen-bond donors (Lipinski definition) is 1. The van der Waals surface area contributed by atoms with Crippen LogP contribution in [0.5, 0.6) is 11.6 Å². The molecule has 11 heteroatoms. The van der Waals surface area contributed by atoms with Crippen molar-refractivity contribution in [1.29, 1.82) is 0 Å². The summed E-state index contributed by atoms with van der Waals surface area (Å²) in [6, 6.07) is 19.5. The van der Waals surface area contributed by atoms with E-state index in [2.05, 4.69) is 15.0 Å². The van der Waals surface area contributed by atoms with Gasteiger partial charge in [0.25, 0.3) is 0 Å². The quantitative estimate of drug-likeness (QED) is 0.349. The number of aromatic nitrogens is 5. The Morgan fingerprint density at radius 2 is 1.69 bits per heavy atom. The van der Waals surface area contributed by atoms with Crippen molar-refractivity contribution in [3.8, 4) is 23.0 Å². The number of ether oxygens (including phenoxy) is 2. The van der Waals surface area contributed by atoms with E-state index in [-0.39, 0.29) is 5.82 Å². The Morgan fingerprint density at radius 1 is 0.923 bits per heavy atom. The predicted octanol–water partition coefficient (Wildman–Crippen LogP) is 4.71. The molecule has 198 valence electrons. The molecule has 0 bridgehead atoms. The molecule has 0 atom stereocenters. The molecular formula is C28H27N7O4. The lowest BCUT2D eigenvalue weighted by Crippen LogP contribution is -2.34. The molecule has 0 unspecified atom stereocenters. The predicted molar refractivity (Wildman–Crippen MR) is 148 cm³/mol. The molecular weight excluding hydrogens is 498 g/mol. The fraction of sp³-hybridized carbons (Fsp3) is 0.179. The monoisotopic (exact) mass is 525 g/mol. The van der Waals surface area contributed by atoms with E-state index in [1.54, 1.807) is 64.2 Å². The minimum Gasteiger partial charge on any atom is -0.443 e. The van der Waals surface area contributed by atoms with Crippen LogP contribution in [0, 0.1) is 0 Å². The van der Waals surface area contributed by atoms with E-state index in [4.69, 9.17) is 15.2 Å². The molecule has 0 spiro atoms. The molecule has 2 N–H and O–H groups in total. The van der Waals surface area contributed by atoms with Gasteiger partial charge < -0.3 is 15.2 Å². The summed E-state index contributed by atoms with van der Waals surface area (Å²) in [6.07, 6.45) is 2.29. The first-order valence-corrected chi connectivity index (χ1v) is 12.1. The molecule has 0 aliphatic carbocycles. The number of rotatable bonds is 5. The molecule has 39 heavy (non-hydrogen) atoms. The highest BCUT2D eigenvalue weighted by molar-refractivity contribution is 5.88. The maximum atomic E-state index is 13.9. The Balaban J connectivity index is 1.57. The first kappa shape index (κ1) is 25.5. The van der Waals surface area contributed by atoms with Crippen molar-refractivity contribution >= 4 is 28.8 Å². The van der Waals surface area contributed by atoms with Gasteiger partial charge in [-0.05, 0) is 57.2 Å². The van der Waals surface area contributed by atoms with E-state index in [9.17, 15) is 9.59 Å². The molecule has 5 rings (SSSR count). The van der Waals surface area contributed by atoms with Crippen LogP contribution in [0.1, 0.15) is 20.8 Å². The lowest BCUT2D eigenvalue weighted by atomic mass is 10.2. The molecule has 5 aromatic rings. The van der Waals surface area contributed by atoms with Crippen molar-refractivity contribution < 1.29 is 14.3 Å². The fourth-order valence-corrected chi connectivity index (χ4v) is 3.97. The van der Waals surface area contributed by atoms with Gasteiger partial charge in [-0.2, -0.15) is 0 Å². The van der Waals surface area contributed by atoms with Gasteiger partial charge in [0, 0.05) is 18.8 Å². The summed E-state index contributed by atoms with van der Waals surface area (Å²) in [7, 11) is 1.60. The van der Waals surface area contributed by atoms with Crippen LogP contribution in [0.4, 0.5) is 16.3 Å². The van der Waals surface area contributed by atoms with Gasteiger partial charge in [0.2, 0.25) is 5.88 Å². The molecule has 2 aromatic carbocycles. The average Bonchev–Trinajstić information content (AvgIpc) is 3.21. The van der Waals surface area contributed by atoms with E-state index in [0.717, 1.165) is 0 Å². The summed E-state index contributed by atoms with van der Waals surface area (Å²) in [4.78, 5) is 40.7. The SMILES string of the molecule is CN(C(=O)OC(C)(C)C)c1cccc(-n2c(=O)n(-c3ccc(Oc4ccccc4)nc3)c3c(N)ncnc32)c1. The van der Waals surface area contributed by atoms with Crippen LogP contribution in [0.15, 0.2) is 84.0 Å². The van der Waals surface area contributed by atoms with E-state index in [1.807, 2.05) is 30.3 Å². The van der Waals surface area contributed by atoms with E-state index in [1.165, 1.54) is 26.6 Å². The minimum absolute atomic E-state index is 0.127. The summed E-state index contributed by atoms with van der Waals surface area (Å²) in [5.74, 6) is 1.13. The number of para-hydroxylation sites is 1. The Bertz CT molecular complexity index is 1700. The highest BCUT2D eigenvalue weighted by Crippen LogP contribution is 2.26. The zero-order valence-electron chi connectivity index (χ0n) is 21.9. The molecule has 0 radical (unpaired) electrons. The average molecular weight is 526 g/mol. The van der Waals surface area contributed by atoms with Crippen LogP contribution in [0.2, 0.25) is 0 Å². The molecule has 0 saturated heterocycles. The van der Waals surface area contributed by atoms with E-state index >= 15 is 0 Å². The van der Waals surface area contributed by atoms with Gasteiger partial charge in [-0.25, -0.2) is 29.1 Å². The molecule has 1 amide bonds. The first-order valence-electron chi connectivity index (χ1n) is 12.1. The van der Waals surface area contributed by atoms with Crippen molar-refractivity contribution in [2.75, 3.05) is 17.7 Å². The Labute approximate surface area is 224 Å². The zero-order chi connectivity index (χ0) is 27.7. The maximum Gasteiger partial charge on any atom is 0.414 e. The van der Waals surface area contributed by atoms with Gasteiger partial charge in [-0.15, -0.1) is 0 Å². The Kier molecular flexibility index (Phi) is 6.48. The molecule has 0 fully saturated rings. The number of pyridine rings is 1. The van der Waals surface area contributed by atoms with Gasteiger partial charge >= 0.3 is 11.8 Å². The van der Waals surface area contributed by atoms with Gasteiger partial charge in [-0.3, -0.25) is 9.47 Å². The molecule has 3 aromatic heterocycles. The van der Waals surface area contributed by atoms with Crippen LogP contribution >= 0.6 is 0 Å². The molecule has 11 nitrogen and oxygen atoms in total. The van der Waals surface area contributed by atoms with Crippen molar-refractivity contribution in [1.82, 2.24) is 24.1 Å². The van der Waals surface area contributed by atoms with E-state index in [0.29, 0.717) is 39.9 Å². The number of anilines is 2. The van der Waals surface area contributed by atoms with Gasteiger partial charge in [0.05, 0.1) is 17.6 Å². The molecule has 3 heterocycles. The number of nitrogen functional groups attached to an aromatic ring is 1. The van der Waals surface area contributed by atoms with Crippen molar-refractivity contribution in [2.24, 2.45) is 0 Å². The van der Waals surface area contributed by atoms with Crippen LogP contribution in [0.3, 0.4) is 0 Å². The van der Waals surface area contributed by atoms with Crippen LogP contribution in [0.25, 0.3) is 22.5 Å². The standard InChI is InChI=1S/C28H27N7O4/c1-28(2,3)39-27(37)33(4)18-9-8-10-19(15-18)35-25-23(24(29)31-17-32-25)34(26(35)36)20-13-14-22(30-16-20)38-21-11-6-5-7-12-21/h5-17H,1-4H3,(H2,29,31,32). The highest BCUT2D eigenvalue weighted by atomic mass is 16.6. The number of imidazole rings is 1. The second kappa shape index (κ2) is 9.93. The first-order chi connectivity index (χ1) is 18.6. The number of benzene rings is 2. The smallest absolute Gasteiger partial charge is 0.414 e. The summed E-state index contributed by atoms with van der Waals surface area (Å²) in [6.45, 7) is 5.38. The molecule has 0 aliphatic rings. The number of carbonyl (C=O) groups is 1. The highest BCUT2D eigenvalue weighted by Gasteiger charge is 2.23. The largest absolute Gasteiger partial charge is 0.443 e. The number of fused-ring (bicyclic) bond motifs is 1. The summed E-state index contributed by atoms with van der Waals surface area (Å²) in [5, 5.41) is 0. The van der Waals surface area contributed by atoms with Gasteiger partial charge in [0.15, 0.2) is 11.5 Å².